The Kier molecular flexibility index (Phi) is 3.54. The van der Waals surface area contributed by atoms with Crippen molar-refractivity contribution in [2.45, 2.75) is 95.7 Å². The second-order valence-corrected chi connectivity index (χ2v) is 7.06. The van der Waals surface area contributed by atoms with Crippen LogP contribution in [0.15, 0.2) is 0 Å². The van der Waals surface area contributed by atoms with Gasteiger partial charge in [-0.25, -0.2) is 0 Å². The third-order valence-electron chi connectivity index (χ3n) is 4.89. The van der Waals surface area contributed by atoms with Crippen LogP contribution in [0.3, 0.4) is 0 Å². The van der Waals surface area contributed by atoms with Crippen LogP contribution in [0.2, 0.25) is 0 Å². The van der Waals surface area contributed by atoms with Crippen molar-refractivity contribution >= 4 is 0 Å². The molecule has 0 aromatic rings. The summed E-state index contributed by atoms with van der Waals surface area (Å²) in [7, 11) is 0. The van der Waals surface area contributed by atoms with Gasteiger partial charge in [0.2, 0.25) is 0 Å². The predicted octanol–water partition coefficient (Wildman–Crippen LogP) is 3.04. The zero-order valence-electron chi connectivity index (χ0n) is 12.5. The first-order valence-corrected chi connectivity index (χ1v) is 7.26. The minimum atomic E-state index is -0.760. The fraction of sp³-hybridized carbons (Fsp3) is 1.00. The summed E-state index contributed by atoms with van der Waals surface area (Å²) in [6.45, 7) is 10.2. The topological polar surface area (TPSA) is 38.7 Å². The molecule has 0 aliphatic carbocycles. The van der Waals surface area contributed by atoms with E-state index in [0.717, 1.165) is 32.1 Å². The second kappa shape index (κ2) is 4.46. The molecule has 2 aliphatic heterocycles. The van der Waals surface area contributed by atoms with Crippen molar-refractivity contribution in [3.8, 4) is 0 Å². The van der Waals surface area contributed by atoms with E-state index in [0.29, 0.717) is 0 Å². The van der Waals surface area contributed by atoms with Crippen LogP contribution < -0.4 is 0 Å². The van der Waals surface area contributed by atoms with Gasteiger partial charge in [0.25, 0.3) is 0 Å². The molecule has 4 atom stereocenters. The third-order valence-corrected chi connectivity index (χ3v) is 4.89. The van der Waals surface area contributed by atoms with Gasteiger partial charge in [-0.1, -0.05) is 6.92 Å². The van der Waals surface area contributed by atoms with Crippen molar-refractivity contribution in [1.29, 1.82) is 0 Å². The van der Waals surface area contributed by atoms with Gasteiger partial charge in [0, 0.05) is 0 Å². The van der Waals surface area contributed by atoms with Crippen LogP contribution in [-0.4, -0.2) is 34.1 Å². The summed E-state index contributed by atoms with van der Waals surface area (Å²) in [5, 5.41) is 10.1. The first kappa shape index (κ1) is 14.3. The molecule has 0 aromatic heterocycles. The lowest BCUT2D eigenvalue weighted by molar-refractivity contribution is -0.174. The molecular formula is C15H28O3. The van der Waals surface area contributed by atoms with Crippen molar-refractivity contribution in [2.24, 2.45) is 0 Å². The first-order chi connectivity index (χ1) is 8.19. The lowest BCUT2D eigenvalue weighted by atomic mass is 9.91. The average Bonchev–Trinajstić information content (AvgIpc) is 2.84. The van der Waals surface area contributed by atoms with Crippen molar-refractivity contribution in [3.63, 3.8) is 0 Å². The summed E-state index contributed by atoms with van der Waals surface area (Å²) in [5.74, 6) is 0. The number of ether oxygens (including phenoxy) is 2. The van der Waals surface area contributed by atoms with Crippen LogP contribution in [0.4, 0.5) is 0 Å². The van der Waals surface area contributed by atoms with Crippen molar-refractivity contribution < 1.29 is 14.6 Å². The maximum atomic E-state index is 10.1. The number of aliphatic hydroxyl groups is 1. The van der Waals surface area contributed by atoms with Gasteiger partial charge in [-0.05, 0) is 59.8 Å². The molecule has 2 heterocycles. The van der Waals surface area contributed by atoms with Crippen LogP contribution in [0.25, 0.3) is 0 Å². The molecule has 0 amide bonds. The molecule has 0 bridgehead atoms. The lowest BCUT2D eigenvalue weighted by Crippen LogP contribution is -2.44. The van der Waals surface area contributed by atoms with Crippen LogP contribution in [-0.2, 0) is 9.47 Å². The second-order valence-electron chi connectivity index (χ2n) is 7.06. The van der Waals surface area contributed by atoms with E-state index < -0.39 is 5.60 Å². The maximum Gasteiger partial charge on any atom is 0.0921 e. The standard InChI is InChI=1S/C15H28O3/c1-6-14(4)9-7-12(17-14)15(5)10-8-11(18-15)13(2,3)16/h11-12,16H,6-10H2,1-5H3/t11-,12+,14-,15+/m0/s1. The summed E-state index contributed by atoms with van der Waals surface area (Å²) in [5.41, 5.74) is -0.966. The van der Waals surface area contributed by atoms with Crippen molar-refractivity contribution in [3.05, 3.63) is 0 Å². The van der Waals surface area contributed by atoms with Crippen LogP contribution >= 0.6 is 0 Å². The summed E-state index contributed by atoms with van der Waals surface area (Å²) >= 11 is 0. The highest BCUT2D eigenvalue weighted by molar-refractivity contribution is 5.00. The van der Waals surface area contributed by atoms with Gasteiger partial charge in [-0.15, -0.1) is 0 Å². The minimum Gasteiger partial charge on any atom is -0.388 e. The van der Waals surface area contributed by atoms with E-state index >= 15 is 0 Å². The minimum absolute atomic E-state index is 0.0177. The Morgan fingerprint density at radius 1 is 1.17 bits per heavy atom. The maximum absolute atomic E-state index is 10.1. The summed E-state index contributed by atoms with van der Waals surface area (Å²) in [6, 6.07) is 0. The van der Waals surface area contributed by atoms with Gasteiger partial charge in [-0.2, -0.15) is 0 Å². The van der Waals surface area contributed by atoms with Crippen LogP contribution in [0.5, 0.6) is 0 Å². The molecule has 0 spiro atoms. The zero-order chi connectivity index (χ0) is 13.6. The van der Waals surface area contributed by atoms with E-state index in [1.807, 2.05) is 13.8 Å². The van der Waals surface area contributed by atoms with Gasteiger partial charge in [0.15, 0.2) is 0 Å². The van der Waals surface area contributed by atoms with Crippen molar-refractivity contribution in [2.75, 3.05) is 0 Å². The molecule has 0 radical (unpaired) electrons. The number of hydrogen-bond donors (Lipinski definition) is 1. The fourth-order valence-electron chi connectivity index (χ4n) is 3.18. The van der Waals surface area contributed by atoms with Gasteiger partial charge in [-0.3, -0.25) is 0 Å². The van der Waals surface area contributed by atoms with E-state index in [2.05, 4.69) is 20.8 Å². The SMILES string of the molecule is CC[C@@]1(C)CC[C@H]([C@@]2(C)CC[C@@H](C(C)(C)O)O2)O1. The Bertz CT molecular complexity index is 309. The molecule has 1 N–H and O–H groups in total. The summed E-state index contributed by atoms with van der Waals surface area (Å²) in [6.07, 6.45) is 5.23. The molecule has 3 heteroatoms. The monoisotopic (exact) mass is 256 g/mol. The van der Waals surface area contributed by atoms with Gasteiger partial charge >= 0.3 is 0 Å². The van der Waals surface area contributed by atoms with E-state index in [-0.39, 0.29) is 23.4 Å². The van der Waals surface area contributed by atoms with Gasteiger partial charge < -0.3 is 14.6 Å². The molecule has 2 fully saturated rings. The quantitative estimate of drug-likeness (QED) is 0.843. The summed E-state index contributed by atoms with van der Waals surface area (Å²) in [4.78, 5) is 0. The van der Waals surface area contributed by atoms with Gasteiger partial charge in [0.05, 0.1) is 29.0 Å². The molecule has 0 unspecified atom stereocenters. The Morgan fingerprint density at radius 3 is 2.28 bits per heavy atom. The number of hydrogen-bond acceptors (Lipinski definition) is 3. The van der Waals surface area contributed by atoms with E-state index in [4.69, 9.17) is 9.47 Å². The molecule has 0 aromatic carbocycles. The largest absolute Gasteiger partial charge is 0.388 e. The van der Waals surface area contributed by atoms with Crippen molar-refractivity contribution in [1.82, 2.24) is 0 Å². The van der Waals surface area contributed by atoms with Crippen LogP contribution in [0, 0.1) is 0 Å². The zero-order valence-corrected chi connectivity index (χ0v) is 12.5. The lowest BCUT2D eigenvalue weighted by Gasteiger charge is -2.35. The Labute approximate surface area is 111 Å². The third kappa shape index (κ3) is 2.59. The highest BCUT2D eigenvalue weighted by atomic mass is 16.6. The molecule has 106 valence electrons. The smallest absolute Gasteiger partial charge is 0.0921 e. The Balaban J connectivity index is 2.02. The molecule has 0 saturated carbocycles. The number of rotatable bonds is 3. The Hall–Kier alpha value is -0.120. The molecule has 3 nitrogen and oxygen atoms in total. The average molecular weight is 256 g/mol. The normalized spacial score (nSPS) is 45.7. The highest BCUT2D eigenvalue weighted by Crippen LogP contribution is 2.45. The molecular weight excluding hydrogens is 228 g/mol. The van der Waals surface area contributed by atoms with Crippen LogP contribution in [0.1, 0.15) is 66.7 Å². The highest BCUT2D eigenvalue weighted by Gasteiger charge is 2.51. The Morgan fingerprint density at radius 2 is 1.83 bits per heavy atom. The molecule has 2 aliphatic rings. The van der Waals surface area contributed by atoms with E-state index in [1.54, 1.807) is 0 Å². The van der Waals surface area contributed by atoms with E-state index in [9.17, 15) is 5.11 Å². The molecule has 2 rings (SSSR count). The summed E-state index contributed by atoms with van der Waals surface area (Å²) < 4.78 is 12.4. The molecule has 18 heavy (non-hydrogen) atoms. The fourth-order valence-corrected chi connectivity index (χ4v) is 3.18. The predicted molar refractivity (Wildman–Crippen MR) is 71.6 cm³/mol. The first-order valence-electron chi connectivity index (χ1n) is 7.26. The van der Waals surface area contributed by atoms with E-state index in [1.165, 1.54) is 0 Å². The van der Waals surface area contributed by atoms with Gasteiger partial charge in [0.1, 0.15) is 0 Å². The molecule has 2 saturated heterocycles.